The van der Waals surface area contributed by atoms with Gasteiger partial charge < -0.3 is 14.5 Å². The number of hydrogen-bond acceptors (Lipinski definition) is 4. The molecule has 1 heterocycles. The molecular weight excluding hydrogens is 354 g/mol. The van der Waals surface area contributed by atoms with Crippen LogP contribution < -0.4 is 4.74 Å². The van der Waals surface area contributed by atoms with Crippen molar-refractivity contribution in [3.8, 4) is 5.75 Å². The minimum absolute atomic E-state index is 0.258. The zero-order valence-corrected chi connectivity index (χ0v) is 15.2. The van der Waals surface area contributed by atoms with Crippen molar-refractivity contribution in [1.29, 1.82) is 0 Å². The van der Waals surface area contributed by atoms with Gasteiger partial charge in [-0.05, 0) is 32.0 Å². The van der Waals surface area contributed by atoms with Crippen molar-refractivity contribution in [3.63, 3.8) is 0 Å². The number of rotatable bonds is 6. The summed E-state index contributed by atoms with van der Waals surface area (Å²) in [6.45, 7) is 3.05. The highest BCUT2D eigenvalue weighted by Gasteiger charge is 2.24. The van der Waals surface area contributed by atoms with Gasteiger partial charge in [0.1, 0.15) is 5.75 Å². The first-order valence-corrected chi connectivity index (χ1v) is 8.53. The Morgan fingerprint density at radius 3 is 2.58 bits per heavy atom. The Kier molecular flexibility index (Phi) is 5.28. The molecule has 1 unspecified atom stereocenters. The third kappa shape index (κ3) is 3.73. The van der Waals surface area contributed by atoms with Gasteiger partial charge in [-0.2, -0.15) is 0 Å². The second-order valence-corrected chi connectivity index (χ2v) is 6.29. The van der Waals surface area contributed by atoms with E-state index in [4.69, 9.17) is 21.1 Å². The molecule has 0 aliphatic rings. The van der Waals surface area contributed by atoms with Crippen LogP contribution in [0.25, 0.3) is 10.9 Å². The van der Waals surface area contributed by atoms with Gasteiger partial charge >= 0.3 is 5.97 Å². The number of hydrogen-bond donors (Lipinski definition) is 1. The summed E-state index contributed by atoms with van der Waals surface area (Å²) in [4.78, 5) is 27.9. The van der Waals surface area contributed by atoms with Crippen molar-refractivity contribution in [1.82, 2.24) is 4.98 Å². The zero-order chi connectivity index (χ0) is 18.7. The van der Waals surface area contributed by atoms with Crippen LogP contribution in [0.3, 0.4) is 0 Å². The number of para-hydroxylation sites is 2. The minimum Gasteiger partial charge on any atom is -0.480 e. The van der Waals surface area contributed by atoms with Crippen molar-refractivity contribution in [2.45, 2.75) is 20.0 Å². The maximum atomic E-state index is 12.7. The van der Waals surface area contributed by atoms with Crippen LogP contribution in [0.5, 0.6) is 5.75 Å². The molecule has 1 N–H and O–H groups in total. The van der Waals surface area contributed by atoms with Crippen molar-refractivity contribution in [2.75, 3.05) is 6.61 Å². The first-order valence-electron chi connectivity index (χ1n) is 8.15. The first kappa shape index (κ1) is 18.0. The van der Waals surface area contributed by atoms with E-state index in [0.29, 0.717) is 16.3 Å². The Hall–Kier alpha value is -2.79. The van der Waals surface area contributed by atoms with Crippen molar-refractivity contribution >= 4 is 34.3 Å². The number of halogens is 1. The summed E-state index contributed by atoms with van der Waals surface area (Å²) in [5, 5.41) is 1.21. The second-order valence-electron chi connectivity index (χ2n) is 5.89. The molecule has 0 amide bonds. The average Bonchev–Trinajstić information content (AvgIpc) is 2.96. The van der Waals surface area contributed by atoms with Crippen LogP contribution in [0.4, 0.5) is 0 Å². The quantitative estimate of drug-likeness (QED) is 0.517. The molecular formula is C20H18ClNO4. The monoisotopic (exact) mass is 371 g/mol. The van der Waals surface area contributed by atoms with E-state index in [1.165, 1.54) is 0 Å². The maximum Gasteiger partial charge on any atom is 0.344 e. The molecule has 3 aromatic rings. The summed E-state index contributed by atoms with van der Waals surface area (Å²) in [6.07, 6.45) is -0.921. The predicted molar refractivity (Wildman–Crippen MR) is 99.9 cm³/mol. The number of esters is 1. The lowest BCUT2D eigenvalue weighted by molar-refractivity contribution is -0.148. The van der Waals surface area contributed by atoms with E-state index in [9.17, 15) is 9.59 Å². The summed E-state index contributed by atoms with van der Waals surface area (Å²) < 4.78 is 10.6. The number of carbonyl (C=O) groups is 2. The smallest absolute Gasteiger partial charge is 0.344 e. The first-order chi connectivity index (χ1) is 12.5. The third-order valence-corrected chi connectivity index (χ3v) is 4.31. The number of Topliss-reactive ketones (excluding diaryl/α,β-unsaturated/α-hetero) is 1. The normalized spacial score (nSPS) is 12.0. The summed E-state index contributed by atoms with van der Waals surface area (Å²) in [5.41, 5.74) is 2.15. The minimum atomic E-state index is -0.921. The maximum absolute atomic E-state index is 12.7. The fourth-order valence-corrected chi connectivity index (χ4v) is 2.97. The van der Waals surface area contributed by atoms with Crippen molar-refractivity contribution in [3.05, 3.63) is 64.8 Å². The Morgan fingerprint density at radius 1 is 1.12 bits per heavy atom. The fraction of sp³-hybridized carbons (Fsp3) is 0.200. The molecule has 0 spiro atoms. The molecule has 2 aromatic carbocycles. The fourth-order valence-electron chi connectivity index (χ4n) is 2.78. The Bertz CT molecular complexity index is 963. The summed E-state index contributed by atoms with van der Waals surface area (Å²) >= 11 is 5.97. The van der Waals surface area contributed by atoms with Crippen LogP contribution in [0, 0.1) is 6.92 Å². The summed E-state index contributed by atoms with van der Waals surface area (Å²) in [6, 6.07) is 14.3. The van der Waals surface area contributed by atoms with E-state index in [2.05, 4.69) is 4.98 Å². The molecule has 26 heavy (non-hydrogen) atoms. The van der Waals surface area contributed by atoms with E-state index >= 15 is 0 Å². The Balaban J connectivity index is 1.66. The predicted octanol–water partition coefficient (Wildman–Crippen LogP) is 4.32. The molecule has 0 fully saturated rings. The topological polar surface area (TPSA) is 68.4 Å². The molecule has 0 saturated heterocycles. The molecule has 0 radical (unpaired) electrons. The average molecular weight is 372 g/mol. The van der Waals surface area contributed by atoms with E-state index in [1.54, 1.807) is 31.2 Å². The number of carbonyl (C=O) groups excluding carboxylic acids is 2. The number of benzene rings is 2. The molecule has 0 bridgehead atoms. The summed E-state index contributed by atoms with van der Waals surface area (Å²) in [7, 11) is 0. The van der Waals surface area contributed by atoms with Gasteiger partial charge in [-0.3, -0.25) is 4.79 Å². The van der Waals surface area contributed by atoms with Crippen LogP contribution >= 0.6 is 11.6 Å². The van der Waals surface area contributed by atoms with E-state index in [0.717, 1.165) is 16.6 Å². The van der Waals surface area contributed by atoms with E-state index in [1.807, 2.05) is 31.2 Å². The molecule has 5 nitrogen and oxygen atoms in total. The highest BCUT2D eigenvalue weighted by atomic mass is 35.5. The SMILES string of the molecule is Cc1[nH]c2ccccc2c1C(=O)C(C)OC(=O)COc1ccccc1Cl. The van der Waals surface area contributed by atoms with Gasteiger partial charge in [-0.1, -0.05) is 41.9 Å². The number of ketones is 1. The zero-order valence-electron chi connectivity index (χ0n) is 14.4. The number of aromatic amines is 1. The van der Waals surface area contributed by atoms with Gasteiger partial charge in [0.05, 0.1) is 5.02 Å². The number of aromatic nitrogens is 1. The number of H-pyrrole nitrogens is 1. The Labute approximate surface area is 155 Å². The molecule has 0 aliphatic heterocycles. The lowest BCUT2D eigenvalue weighted by Crippen LogP contribution is -2.27. The van der Waals surface area contributed by atoms with Gasteiger partial charge in [-0.15, -0.1) is 0 Å². The van der Waals surface area contributed by atoms with Gasteiger partial charge in [-0.25, -0.2) is 4.79 Å². The molecule has 1 aromatic heterocycles. The van der Waals surface area contributed by atoms with Crippen molar-refractivity contribution < 1.29 is 19.1 Å². The molecule has 1 atom stereocenters. The van der Waals surface area contributed by atoms with E-state index < -0.39 is 12.1 Å². The summed E-state index contributed by atoms with van der Waals surface area (Å²) in [5.74, 6) is -0.508. The third-order valence-electron chi connectivity index (χ3n) is 4.00. The molecule has 0 aliphatic carbocycles. The van der Waals surface area contributed by atoms with Crippen molar-refractivity contribution in [2.24, 2.45) is 0 Å². The number of aryl methyl sites for hydroxylation is 1. The standard InChI is InChI=1S/C20H18ClNO4/c1-12-19(14-7-3-5-9-16(14)22-12)20(24)13(2)26-18(23)11-25-17-10-6-4-8-15(17)21/h3-10,13,22H,11H2,1-2H3. The van der Waals surface area contributed by atoms with Crippen LogP contribution in [-0.2, 0) is 9.53 Å². The Morgan fingerprint density at radius 2 is 1.81 bits per heavy atom. The molecule has 3 rings (SSSR count). The highest BCUT2D eigenvalue weighted by molar-refractivity contribution is 6.32. The largest absolute Gasteiger partial charge is 0.480 e. The van der Waals surface area contributed by atoms with Crippen LogP contribution in [0.15, 0.2) is 48.5 Å². The number of nitrogens with one attached hydrogen (secondary N) is 1. The van der Waals surface area contributed by atoms with Gasteiger partial charge in [0.15, 0.2) is 12.7 Å². The van der Waals surface area contributed by atoms with Crippen LogP contribution in [0.2, 0.25) is 5.02 Å². The van der Waals surface area contributed by atoms with Gasteiger partial charge in [0, 0.05) is 22.2 Å². The lowest BCUT2D eigenvalue weighted by atomic mass is 10.0. The molecule has 134 valence electrons. The molecule has 6 heteroatoms. The highest BCUT2D eigenvalue weighted by Crippen LogP contribution is 2.25. The second kappa shape index (κ2) is 7.62. The van der Waals surface area contributed by atoms with Gasteiger partial charge in [0.25, 0.3) is 0 Å². The number of fused-ring (bicyclic) bond motifs is 1. The lowest BCUT2D eigenvalue weighted by Gasteiger charge is -2.13. The molecule has 0 saturated carbocycles. The van der Waals surface area contributed by atoms with Crippen LogP contribution in [0.1, 0.15) is 23.0 Å². The van der Waals surface area contributed by atoms with E-state index in [-0.39, 0.29) is 12.4 Å². The van der Waals surface area contributed by atoms with Gasteiger partial charge in [0.2, 0.25) is 5.78 Å². The van der Waals surface area contributed by atoms with Crippen LogP contribution in [-0.4, -0.2) is 29.4 Å². The number of ether oxygens (including phenoxy) is 2.